The van der Waals surface area contributed by atoms with Gasteiger partial charge in [0.25, 0.3) is 0 Å². The van der Waals surface area contributed by atoms with Crippen LogP contribution in [0.1, 0.15) is 29.2 Å². The molecular formula is C15H19N5O2S. The van der Waals surface area contributed by atoms with E-state index >= 15 is 0 Å². The second kappa shape index (κ2) is 6.91. The van der Waals surface area contributed by atoms with Gasteiger partial charge in [0.15, 0.2) is 5.13 Å². The molecule has 0 aliphatic carbocycles. The van der Waals surface area contributed by atoms with Crippen LogP contribution in [0.5, 0.6) is 0 Å². The summed E-state index contributed by atoms with van der Waals surface area (Å²) in [6.07, 6.45) is 7.70. The van der Waals surface area contributed by atoms with E-state index in [4.69, 9.17) is 0 Å². The van der Waals surface area contributed by atoms with E-state index in [1.165, 1.54) is 24.2 Å². The van der Waals surface area contributed by atoms with Gasteiger partial charge in [-0.3, -0.25) is 14.9 Å². The van der Waals surface area contributed by atoms with Crippen molar-refractivity contribution in [2.45, 2.75) is 39.2 Å². The third-order valence-electron chi connectivity index (χ3n) is 3.67. The smallest absolute Gasteiger partial charge is 0.315 e. The normalized spacial score (nSPS) is 13.4. The van der Waals surface area contributed by atoms with Crippen molar-refractivity contribution in [2.75, 3.05) is 11.9 Å². The predicted octanol–water partition coefficient (Wildman–Crippen LogP) is 1.28. The Morgan fingerprint density at radius 1 is 1.35 bits per heavy atom. The number of thiazole rings is 1. The number of nitrogens with one attached hydrogen (secondary N) is 2. The van der Waals surface area contributed by atoms with Crippen molar-refractivity contribution in [2.24, 2.45) is 0 Å². The molecule has 0 saturated heterocycles. The van der Waals surface area contributed by atoms with Crippen LogP contribution >= 0.6 is 11.3 Å². The van der Waals surface area contributed by atoms with Crippen molar-refractivity contribution in [3.8, 4) is 0 Å². The number of carbonyl (C=O) groups excluding carboxylic acids is 2. The number of hydrogen-bond acceptors (Lipinski definition) is 5. The zero-order valence-corrected chi connectivity index (χ0v) is 13.8. The van der Waals surface area contributed by atoms with Crippen LogP contribution in [0.25, 0.3) is 0 Å². The zero-order valence-electron chi connectivity index (χ0n) is 13.0. The molecule has 2 aromatic rings. The fourth-order valence-electron chi connectivity index (χ4n) is 2.54. The van der Waals surface area contributed by atoms with E-state index in [2.05, 4.69) is 25.2 Å². The number of hydrogen-bond donors (Lipinski definition) is 2. The minimum absolute atomic E-state index is 0.388. The van der Waals surface area contributed by atoms with Gasteiger partial charge in [-0.15, -0.1) is 11.3 Å². The molecule has 0 fully saturated rings. The molecule has 0 radical (unpaired) electrons. The number of aryl methyl sites for hydroxylation is 3. The molecule has 3 rings (SSSR count). The van der Waals surface area contributed by atoms with E-state index in [-0.39, 0.29) is 0 Å². The number of rotatable bonds is 4. The third-order valence-corrected chi connectivity index (χ3v) is 4.50. The quantitative estimate of drug-likeness (QED) is 0.825. The van der Waals surface area contributed by atoms with Gasteiger partial charge >= 0.3 is 11.8 Å². The summed E-state index contributed by atoms with van der Waals surface area (Å²) in [5.41, 5.74) is 0.957. The molecule has 0 atom stereocenters. The zero-order chi connectivity index (χ0) is 16.2. The predicted molar refractivity (Wildman–Crippen MR) is 87.4 cm³/mol. The van der Waals surface area contributed by atoms with Crippen molar-refractivity contribution in [3.63, 3.8) is 0 Å². The summed E-state index contributed by atoms with van der Waals surface area (Å²) in [6, 6.07) is 0. The fraction of sp³-hybridized carbons (Fsp3) is 0.467. The number of carbonyl (C=O) groups is 2. The molecule has 23 heavy (non-hydrogen) atoms. The average Bonchev–Trinajstić information content (AvgIpc) is 3.12. The van der Waals surface area contributed by atoms with Crippen LogP contribution in [0.3, 0.4) is 0 Å². The SMILES string of the molecule is Cc1cnc(NC(=O)C(=O)NCCc2cn3c(n2)CCCC3)s1. The van der Waals surface area contributed by atoms with E-state index < -0.39 is 11.8 Å². The summed E-state index contributed by atoms with van der Waals surface area (Å²) in [6.45, 7) is 3.29. The number of nitrogens with zero attached hydrogens (tertiary/aromatic N) is 3. The molecule has 0 spiro atoms. The van der Waals surface area contributed by atoms with Gasteiger partial charge in [-0.1, -0.05) is 0 Å². The highest BCUT2D eigenvalue weighted by Crippen LogP contribution is 2.16. The Morgan fingerprint density at radius 2 is 2.22 bits per heavy atom. The number of amides is 2. The minimum atomic E-state index is -0.691. The maximum absolute atomic E-state index is 11.8. The van der Waals surface area contributed by atoms with Crippen LogP contribution in [0.15, 0.2) is 12.4 Å². The second-order valence-corrected chi connectivity index (χ2v) is 6.77. The average molecular weight is 333 g/mol. The van der Waals surface area contributed by atoms with Gasteiger partial charge in [0.1, 0.15) is 5.82 Å². The lowest BCUT2D eigenvalue weighted by atomic mass is 10.2. The number of aromatic nitrogens is 3. The summed E-state index contributed by atoms with van der Waals surface area (Å²) in [5.74, 6) is -0.222. The van der Waals surface area contributed by atoms with Crippen LogP contribution in [0.4, 0.5) is 5.13 Å². The minimum Gasteiger partial charge on any atom is -0.347 e. The summed E-state index contributed by atoms with van der Waals surface area (Å²) < 4.78 is 2.18. The van der Waals surface area contributed by atoms with E-state index in [1.54, 1.807) is 6.20 Å². The van der Waals surface area contributed by atoms with Crippen molar-refractivity contribution in [1.82, 2.24) is 19.9 Å². The summed E-state index contributed by atoms with van der Waals surface area (Å²) >= 11 is 1.33. The standard InChI is InChI=1S/C15H19N5O2S/c1-10-8-17-15(23-10)19-14(22)13(21)16-6-5-11-9-20-7-3-2-4-12(20)18-11/h8-9H,2-7H2,1H3,(H,16,21)(H,17,19,22). The second-order valence-electron chi connectivity index (χ2n) is 5.54. The summed E-state index contributed by atoms with van der Waals surface area (Å²) in [5, 5.41) is 5.54. The summed E-state index contributed by atoms with van der Waals surface area (Å²) in [7, 11) is 0. The molecule has 8 heteroatoms. The molecule has 2 N–H and O–H groups in total. The number of fused-ring (bicyclic) bond motifs is 1. The molecule has 3 heterocycles. The molecule has 0 saturated carbocycles. The highest BCUT2D eigenvalue weighted by molar-refractivity contribution is 7.15. The van der Waals surface area contributed by atoms with Crippen LogP contribution < -0.4 is 10.6 Å². The van der Waals surface area contributed by atoms with E-state index in [1.807, 2.05) is 13.1 Å². The molecule has 0 bridgehead atoms. The van der Waals surface area contributed by atoms with Gasteiger partial charge in [0.05, 0.1) is 5.69 Å². The molecule has 0 aromatic carbocycles. The first-order chi connectivity index (χ1) is 11.1. The van der Waals surface area contributed by atoms with Gasteiger partial charge < -0.3 is 9.88 Å². The van der Waals surface area contributed by atoms with E-state index in [0.29, 0.717) is 18.1 Å². The van der Waals surface area contributed by atoms with Crippen LogP contribution in [-0.2, 0) is 29.0 Å². The van der Waals surface area contributed by atoms with Crippen LogP contribution in [0, 0.1) is 6.92 Å². The highest BCUT2D eigenvalue weighted by Gasteiger charge is 2.16. The van der Waals surface area contributed by atoms with E-state index in [0.717, 1.165) is 29.4 Å². The molecule has 1 aliphatic rings. The van der Waals surface area contributed by atoms with Crippen LogP contribution in [0.2, 0.25) is 0 Å². The van der Waals surface area contributed by atoms with Gasteiger partial charge in [-0.25, -0.2) is 9.97 Å². The highest BCUT2D eigenvalue weighted by atomic mass is 32.1. The van der Waals surface area contributed by atoms with Gasteiger partial charge in [0, 0.05) is 43.2 Å². The number of anilines is 1. The summed E-state index contributed by atoms with van der Waals surface area (Å²) in [4.78, 5) is 33.1. The first-order valence-electron chi connectivity index (χ1n) is 7.68. The van der Waals surface area contributed by atoms with Crippen molar-refractivity contribution in [3.05, 3.63) is 28.8 Å². The van der Waals surface area contributed by atoms with Crippen molar-refractivity contribution >= 4 is 28.3 Å². The molecular weight excluding hydrogens is 314 g/mol. The molecule has 7 nitrogen and oxygen atoms in total. The third kappa shape index (κ3) is 3.95. The molecule has 122 valence electrons. The van der Waals surface area contributed by atoms with Crippen molar-refractivity contribution in [1.29, 1.82) is 0 Å². The number of imidazole rings is 1. The van der Waals surface area contributed by atoms with Gasteiger partial charge in [-0.2, -0.15) is 0 Å². The Morgan fingerprint density at radius 3 is 2.96 bits per heavy atom. The Kier molecular flexibility index (Phi) is 4.71. The Labute approximate surface area is 138 Å². The lowest BCUT2D eigenvalue weighted by molar-refractivity contribution is -0.136. The fourth-order valence-corrected chi connectivity index (χ4v) is 3.20. The Balaban J connectivity index is 1.45. The van der Waals surface area contributed by atoms with Gasteiger partial charge in [-0.05, 0) is 19.8 Å². The molecule has 1 aliphatic heterocycles. The maximum Gasteiger partial charge on any atom is 0.315 e. The van der Waals surface area contributed by atoms with Gasteiger partial charge in [0.2, 0.25) is 0 Å². The molecule has 2 amide bonds. The van der Waals surface area contributed by atoms with Crippen LogP contribution in [-0.4, -0.2) is 32.9 Å². The largest absolute Gasteiger partial charge is 0.347 e. The topological polar surface area (TPSA) is 88.9 Å². The molecule has 0 unspecified atom stereocenters. The lowest BCUT2D eigenvalue weighted by Crippen LogP contribution is -2.36. The Bertz CT molecular complexity index is 698. The van der Waals surface area contributed by atoms with E-state index in [9.17, 15) is 9.59 Å². The molecule has 2 aromatic heterocycles. The maximum atomic E-state index is 11.8. The first-order valence-corrected chi connectivity index (χ1v) is 8.50. The lowest BCUT2D eigenvalue weighted by Gasteiger charge is -2.11. The first kappa shape index (κ1) is 15.7. The monoisotopic (exact) mass is 333 g/mol. The van der Waals surface area contributed by atoms with Crippen molar-refractivity contribution < 1.29 is 9.59 Å². The Hall–Kier alpha value is -2.22.